The van der Waals surface area contributed by atoms with Crippen LogP contribution in [0.5, 0.6) is 0 Å². The monoisotopic (exact) mass is 318 g/mol. The number of nitrogens with zero attached hydrogens (tertiary/aromatic N) is 1. The molecule has 0 radical (unpaired) electrons. The van der Waals surface area contributed by atoms with Crippen LogP contribution in [0, 0.1) is 11.3 Å². The summed E-state index contributed by atoms with van der Waals surface area (Å²) in [4.78, 5) is 0. The highest BCUT2D eigenvalue weighted by Gasteiger charge is 2.14. The van der Waals surface area contributed by atoms with Crippen LogP contribution in [0.2, 0.25) is 0 Å². The molecule has 0 bridgehead atoms. The lowest BCUT2D eigenvalue weighted by molar-refractivity contribution is 0.337. The highest BCUT2D eigenvalue weighted by Crippen LogP contribution is 2.26. The number of nitriles is 1. The predicted molar refractivity (Wildman–Crippen MR) is 67.5 cm³/mol. The van der Waals surface area contributed by atoms with Crippen molar-refractivity contribution in [1.29, 1.82) is 5.26 Å². The fourth-order valence-corrected chi connectivity index (χ4v) is 2.80. The number of anilines is 1. The minimum atomic E-state index is -3.61. The summed E-state index contributed by atoms with van der Waals surface area (Å²) in [6.45, 7) is 1.68. The zero-order valence-electron chi connectivity index (χ0n) is 9.10. The molecule has 7 heteroatoms. The van der Waals surface area contributed by atoms with Gasteiger partial charge in [0, 0.05) is 4.47 Å². The summed E-state index contributed by atoms with van der Waals surface area (Å²) in [6, 6.07) is 4.91. The Kier molecular flexibility index (Phi) is 4.51. The van der Waals surface area contributed by atoms with Gasteiger partial charge >= 0.3 is 0 Å². The van der Waals surface area contributed by atoms with Crippen molar-refractivity contribution < 1.29 is 12.6 Å². The molecule has 0 saturated heterocycles. The van der Waals surface area contributed by atoms with E-state index in [1.165, 1.54) is 6.07 Å². The van der Waals surface area contributed by atoms with Crippen LogP contribution in [0.15, 0.2) is 16.6 Å². The highest BCUT2D eigenvalue weighted by molar-refractivity contribution is 9.10. The van der Waals surface area contributed by atoms with E-state index in [4.69, 9.17) is 11.0 Å². The molecule has 0 aliphatic heterocycles. The van der Waals surface area contributed by atoms with E-state index in [1.807, 2.05) is 6.07 Å². The minimum absolute atomic E-state index is 0.0869. The van der Waals surface area contributed by atoms with Gasteiger partial charge in [0.1, 0.15) is 11.8 Å². The fraction of sp³-hybridized carbons (Fsp3) is 0.300. The molecule has 2 N–H and O–H groups in total. The molecule has 0 heterocycles. The summed E-state index contributed by atoms with van der Waals surface area (Å²) >= 11 is 3.17. The third kappa shape index (κ3) is 3.70. The largest absolute Gasteiger partial charge is 0.397 e. The SMILES string of the molecule is CCOS(=O)(=O)Cc1cc(Br)c(N)c(C#N)c1. The van der Waals surface area contributed by atoms with Gasteiger partial charge in [0.15, 0.2) is 0 Å². The van der Waals surface area contributed by atoms with Gasteiger partial charge in [-0.3, -0.25) is 4.18 Å². The summed E-state index contributed by atoms with van der Waals surface area (Å²) in [5, 5.41) is 8.84. The van der Waals surface area contributed by atoms with E-state index in [1.54, 1.807) is 13.0 Å². The Morgan fingerprint density at radius 1 is 1.53 bits per heavy atom. The van der Waals surface area contributed by atoms with Crippen LogP contribution in [0.1, 0.15) is 18.1 Å². The first-order valence-corrected chi connectivity index (χ1v) is 7.11. The third-order valence-corrected chi connectivity index (χ3v) is 3.89. The van der Waals surface area contributed by atoms with Gasteiger partial charge in [0.25, 0.3) is 10.1 Å². The Bertz CT molecular complexity index is 564. The molecule has 0 aliphatic rings. The second-order valence-electron chi connectivity index (χ2n) is 3.26. The standard InChI is InChI=1S/C10H11BrN2O3S/c1-2-16-17(14,15)6-7-3-8(5-12)10(13)9(11)4-7/h3-4H,2,6,13H2,1H3. The number of nitrogen functional groups attached to an aromatic ring is 1. The van der Waals surface area contributed by atoms with Gasteiger partial charge in [-0.05, 0) is 40.5 Å². The van der Waals surface area contributed by atoms with E-state index >= 15 is 0 Å². The second-order valence-corrected chi connectivity index (χ2v) is 5.75. The van der Waals surface area contributed by atoms with Crippen molar-refractivity contribution in [3.8, 4) is 6.07 Å². The van der Waals surface area contributed by atoms with Gasteiger partial charge in [-0.1, -0.05) is 0 Å². The van der Waals surface area contributed by atoms with Crippen molar-refractivity contribution in [1.82, 2.24) is 0 Å². The van der Waals surface area contributed by atoms with Crippen LogP contribution in [0.4, 0.5) is 5.69 Å². The molecule has 5 nitrogen and oxygen atoms in total. The molecule has 0 spiro atoms. The molecule has 0 aliphatic carbocycles. The van der Waals surface area contributed by atoms with Gasteiger partial charge in [0.05, 0.1) is 17.9 Å². The molecule has 0 amide bonds. The molecular weight excluding hydrogens is 308 g/mol. The number of nitrogens with two attached hydrogens (primary N) is 1. The van der Waals surface area contributed by atoms with Crippen LogP contribution < -0.4 is 5.73 Å². The number of hydrogen-bond acceptors (Lipinski definition) is 5. The smallest absolute Gasteiger partial charge is 0.271 e. The van der Waals surface area contributed by atoms with Gasteiger partial charge in [-0.2, -0.15) is 13.7 Å². The minimum Gasteiger partial charge on any atom is -0.397 e. The van der Waals surface area contributed by atoms with Gasteiger partial charge in [-0.15, -0.1) is 0 Å². The Balaban J connectivity index is 3.10. The summed E-state index contributed by atoms with van der Waals surface area (Å²) in [5.41, 5.74) is 6.62. The Hall–Kier alpha value is -1.10. The van der Waals surface area contributed by atoms with E-state index < -0.39 is 10.1 Å². The average molecular weight is 319 g/mol. The summed E-state index contributed by atoms with van der Waals surface area (Å²) in [6.07, 6.45) is 0. The lowest BCUT2D eigenvalue weighted by Crippen LogP contribution is -2.09. The molecule has 92 valence electrons. The zero-order chi connectivity index (χ0) is 13.1. The molecule has 0 unspecified atom stereocenters. The first-order chi connectivity index (χ1) is 7.89. The van der Waals surface area contributed by atoms with Gasteiger partial charge in [-0.25, -0.2) is 0 Å². The number of halogens is 1. The fourth-order valence-electron chi connectivity index (χ4n) is 1.28. The topological polar surface area (TPSA) is 93.2 Å². The van der Waals surface area contributed by atoms with Crippen LogP contribution in [-0.2, 0) is 20.1 Å². The van der Waals surface area contributed by atoms with Crippen molar-refractivity contribution in [3.05, 3.63) is 27.7 Å². The average Bonchev–Trinajstić information content (AvgIpc) is 2.22. The van der Waals surface area contributed by atoms with Crippen LogP contribution in [0.3, 0.4) is 0 Å². The molecule has 0 atom stereocenters. The first-order valence-electron chi connectivity index (χ1n) is 4.74. The molecule has 0 aromatic heterocycles. The van der Waals surface area contributed by atoms with E-state index in [-0.39, 0.29) is 17.9 Å². The summed E-state index contributed by atoms with van der Waals surface area (Å²) < 4.78 is 28.0. The molecule has 0 fully saturated rings. The molecule has 1 rings (SSSR count). The molecule has 17 heavy (non-hydrogen) atoms. The van der Waals surface area contributed by atoms with Crippen LogP contribution in [0.25, 0.3) is 0 Å². The number of rotatable bonds is 4. The maximum absolute atomic E-state index is 11.4. The van der Waals surface area contributed by atoms with E-state index in [0.29, 0.717) is 15.7 Å². The second kappa shape index (κ2) is 5.49. The van der Waals surface area contributed by atoms with Gasteiger partial charge < -0.3 is 5.73 Å². The van der Waals surface area contributed by atoms with Crippen molar-refractivity contribution in [2.45, 2.75) is 12.7 Å². The van der Waals surface area contributed by atoms with Crippen LogP contribution >= 0.6 is 15.9 Å². The third-order valence-electron chi connectivity index (χ3n) is 1.95. The first kappa shape index (κ1) is 14.0. The maximum atomic E-state index is 11.4. The summed E-state index contributed by atoms with van der Waals surface area (Å²) in [7, 11) is -3.61. The Morgan fingerprint density at radius 3 is 2.71 bits per heavy atom. The highest BCUT2D eigenvalue weighted by atomic mass is 79.9. The van der Waals surface area contributed by atoms with Crippen molar-refractivity contribution in [2.75, 3.05) is 12.3 Å². The van der Waals surface area contributed by atoms with Crippen LogP contribution in [-0.4, -0.2) is 15.0 Å². The predicted octanol–water partition coefficient (Wildman–Crippen LogP) is 1.77. The van der Waals surface area contributed by atoms with E-state index in [9.17, 15) is 8.42 Å². The Labute approximate surface area is 108 Å². The lowest BCUT2D eigenvalue weighted by Gasteiger charge is -2.07. The number of benzene rings is 1. The molecule has 0 saturated carbocycles. The number of hydrogen-bond donors (Lipinski definition) is 1. The molecule has 1 aromatic carbocycles. The van der Waals surface area contributed by atoms with Crippen molar-refractivity contribution in [2.24, 2.45) is 0 Å². The molecule has 1 aromatic rings. The molecular formula is C10H11BrN2O3S. The zero-order valence-corrected chi connectivity index (χ0v) is 11.5. The van der Waals surface area contributed by atoms with Crippen molar-refractivity contribution in [3.63, 3.8) is 0 Å². The Morgan fingerprint density at radius 2 is 2.18 bits per heavy atom. The van der Waals surface area contributed by atoms with E-state index in [2.05, 4.69) is 20.1 Å². The lowest BCUT2D eigenvalue weighted by atomic mass is 10.1. The summed E-state index contributed by atoms with van der Waals surface area (Å²) in [5.74, 6) is -0.283. The normalized spacial score (nSPS) is 11.1. The quantitative estimate of drug-likeness (QED) is 0.674. The van der Waals surface area contributed by atoms with Crippen molar-refractivity contribution >= 4 is 31.7 Å². The maximum Gasteiger partial charge on any atom is 0.271 e. The van der Waals surface area contributed by atoms with Gasteiger partial charge in [0.2, 0.25) is 0 Å². The van der Waals surface area contributed by atoms with E-state index in [0.717, 1.165) is 0 Å².